The SMILES string of the molecule is CC(C)(C)N1C(=O)C2C3CC(C(OC(=O)C4CC4)C31)C2C(=O)O[CH-]C(F)(F)S(=O)(=O)[O-].[Rf]. The third kappa shape index (κ3) is 3.48. The van der Waals surface area contributed by atoms with E-state index in [-0.39, 0.29) is 17.7 Å². The first-order valence-electron chi connectivity index (χ1n) is 10.1. The number of alkyl halides is 2. The molecule has 1 amide bonds. The maximum absolute atomic E-state index is 13.4. The first-order chi connectivity index (χ1) is 14.1. The molecule has 0 spiro atoms. The Kier molecular flexibility index (Phi) is 5.28. The predicted octanol–water partition coefficient (Wildman–Crippen LogP) is 1.04. The molecule has 6 atom stereocenters. The van der Waals surface area contributed by atoms with Crippen LogP contribution in [0.5, 0.6) is 0 Å². The second-order valence-corrected chi connectivity index (χ2v) is 11.2. The number of fused-ring (bicyclic) bond motifs is 1. The Bertz CT molecular complexity index is 932. The van der Waals surface area contributed by atoms with Crippen molar-refractivity contribution in [3.63, 3.8) is 0 Å². The quantitative estimate of drug-likeness (QED) is 0.226. The van der Waals surface area contributed by atoms with Crippen molar-refractivity contribution in [2.75, 3.05) is 0 Å². The van der Waals surface area contributed by atoms with E-state index >= 15 is 0 Å². The Hall–Kier alpha value is -2.82. The van der Waals surface area contributed by atoms with Crippen molar-refractivity contribution in [1.82, 2.24) is 4.90 Å². The van der Waals surface area contributed by atoms with Gasteiger partial charge in [-0.15, -0.1) is 0 Å². The minimum atomic E-state index is -6.07. The second kappa shape index (κ2) is 7.09. The number of likely N-dealkylation sites (tertiary alicyclic amines) is 1. The predicted molar refractivity (Wildman–Crippen MR) is 96.6 cm³/mol. The van der Waals surface area contributed by atoms with Crippen LogP contribution in [0.4, 0.5) is 8.78 Å². The molecule has 0 aromatic heterocycles. The summed E-state index contributed by atoms with van der Waals surface area (Å²) in [6, 6.07) is -0.429. The van der Waals surface area contributed by atoms with E-state index in [9.17, 15) is 36.1 Å². The maximum Gasteiger partial charge on any atom is 0.309 e. The standard InChI is InChI=1S/C19H24F2NO8S.Rf/c1-18(2,3)22-13-9-6-10(14(13)30-16(24)8-4-5-8)12(11(9)15(22)23)17(25)29-7-19(20,21)31(26,27)28;/h7-14H,4-6H2,1-3H3,(H,26,27,28);/q-1;/p-1. The van der Waals surface area contributed by atoms with Gasteiger partial charge in [0.15, 0.2) is 0 Å². The largest absolute Gasteiger partial charge is 0.746 e. The molecule has 6 unspecified atom stereocenters. The maximum atomic E-state index is 13.4. The van der Waals surface area contributed by atoms with E-state index in [1.165, 1.54) is 0 Å². The number of ether oxygens (including phenoxy) is 2. The topological polar surface area (TPSA) is 130 Å². The monoisotopic (exact) mass is 730 g/mol. The summed E-state index contributed by atoms with van der Waals surface area (Å²) in [6.07, 6.45) is 0.982. The molecule has 0 N–H and O–H groups in total. The molecule has 2 bridgehead atoms. The van der Waals surface area contributed by atoms with Crippen LogP contribution in [0.1, 0.15) is 40.0 Å². The van der Waals surface area contributed by atoms with Gasteiger partial charge in [0, 0.05) is 11.5 Å². The normalized spacial score (nSPS) is 33.8. The van der Waals surface area contributed by atoms with Gasteiger partial charge in [0.05, 0.1) is 23.8 Å². The van der Waals surface area contributed by atoms with Crippen LogP contribution in [0.2, 0.25) is 0 Å². The van der Waals surface area contributed by atoms with Gasteiger partial charge in [-0.05, 0) is 46.0 Å². The number of halogens is 2. The molecule has 3 saturated carbocycles. The van der Waals surface area contributed by atoms with Gasteiger partial charge in [-0.3, -0.25) is 14.4 Å². The molecule has 0 aromatic carbocycles. The van der Waals surface area contributed by atoms with Crippen molar-refractivity contribution in [2.45, 2.75) is 63.0 Å². The van der Waals surface area contributed by atoms with E-state index in [0.717, 1.165) is 0 Å². The summed E-state index contributed by atoms with van der Waals surface area (Å²) in [5.74, 6) is -5.20. The van der Waals surface area contributed by atoms with Crippen molar-refractivity contribution in [2.24, 2.45) is 29.6 Å². The first-order valence-corrected chi connectivity index (χ1v) is 11.5. The Balaban J connectivity index is 0.00000289. The molecule has 9 nitrogen and oxygen atoms in total. The number of esters is 2. The average Bonchev–Trinajstić information content (AvgIpc) is 3.27. The summed E-state index contributed by atoms with van der Waals surface area (Å²) < 4.78 is 68.9. The Labute approximate surface area is 178 Å². The van der Waals surface area contributed by atoms with Gasteiger partial charge >= 0.3 is 5.97 Å². The molecule has 0 radical (unpaired) electrons. The van der Waals surface area contributed by atoms with Crippen LogP contribution < -0.4 is 0 Å². The van der Waals surface area contributed by atoms with E-state index in [0.29, 0.717) is 19.3 Å². The summed E-state index contributed by atoms with van der Waals surface area (Å²) in [6.45, 7) is 4.82. The van der Waals surface area contributed by atoms with Gasteiger partial charge in [0.2, 0.25) is 5.91 Å². The van der Waals surface area contributed by atoms with E-state index in [2.05, 4.69) is 4.74 Å². The number of amides is 1. The van der Waals surface area contributed by atoms with Gasteiger partial charge in [-0.2, -0.15) is 0 Å². The number of carbonyl (C=O) groups is 3. The van der Waals surface area contributed by atoms with E-state index in [4.69, 9.17) is 4.74 Å². The number of hydrogen-bond acceptors (Lipinski definition) is 8. The van der Waals surface area contributed by atoms with Gasteiger partial charge in [0.1, 0.15) is 16.2 Å². The van der Waals surface area contributed by atoms with Crippen LogP contribution in [0.3, 0.4) is 0 Å². The fourth-order valence-corrected chi connectivity index (χ4v) is 5.55. The Morgan fingerprint density at radius 3 is 2.25 bits per heavy atom. The molecular weight excluding hydrogens is 707 g/mol. The molecule has 13 heteroatoms. The molecule has 4 rings (SSSR count). The van der Waals surface area contributed by atoms with Crippen molar-refractivity contribution in [3.8, 4) is 0 Å². The molecular formula is C19H23F2NO8RfS-2. The van der Waals surface area contributed by atoms with Gasteiger partial charge in [-0.1, -0.05) is 6.61 Å². The fraction of sp³-hybridized carbons (Fsp3) is 0.789. The first kappa shape index (κ1) is 23.8. The molecule has 1 saturated heterocycles. The second-order valence-electron chi connectivity index (χ2n) is 9.73. The molecule has 1 aliphatic heterocycles. The number of rotatable bonds is 6. The molecule has 176 valence electrons. The third-order valence-corrected chi connectivity index (χ3v) is 7.44. The van der Waals surface area contributed by atoms with Crippen molar-refractivity contribution in [1.29, 1.82) is 0 Å². The van der Waals surface area contributed by atoms with E-state index < -0.39 is 69.4 Å². The summed E-state index contributed by atoms with van der Waals surface area (Å²) in [4.78, 5) is 39.8. The number of nitrogens with zero attached hydrogens (tertiary/aromatic N) is 1. The van der Waals surface area contributed by atoms with Crippen LogP contribution in [-0.2, 0) is 34.0 Å². The van der Waals surface area contributed by atoms with Gasteiger partial charge in [0.25, 0.3) is 11.2 Å². The summed E-state index contributed by atoms with van der Waals surface area (Å²) in [5, 5.41) is -4.90. The number of carbonyl (C=O) groups excluding carboxylic acids is 3. The summed E-state index contributed by atoms with van der Waals surface area (Å²) >= 11 is 0. The minimum absolute atomic E-state index is 0. The fourth-order valence-electron chi connectivity index (χ4n) is 5.38. The molecule has 1 heterocycles. The van der Waals surface area contributed by atoms with Gasteiger partial charge in [-0.25, -0.2) is 17.2 Å². The molecule has 4 fully saturated rings. The Morgan fingerprint density at radius 2 is 1.75 bits per heavy atom. The van der Waals surface area contributed by atoms with Gasteiger partial charge < -0.3 is 18.9 Å². The summed E-state index contributed by atoms with van der Waals surface area (Å²) in [5.41, 5.74) is -0.636. The number of hydrogen-bond donors (Lipinski definition) is 0. The van der Waals surface area contributed by atoms with Crippen LogP contribution in [0, 0.1) is 36.2 Å². The zero-order valence-corrected chi connectivity index (χ0v) is 25.0. The van der Waals surface area contributed by atoms with Crippen LogP contribution >= 0.6 is 0 Å². The zero-order valence-electron chi connectivity index (χ0n) is 17.8. The molecule has 4 aliphatic rings. The molecule has 3 aliphatic carbocycles. The zero-order chi connectivity index (χ0) is 23.1. The summed E-state index contributed by atoms with van der Waals surface area (Å²) in [7, 11) is -6.07. The smallest absolute Gasteiger partial charge is 0.309 e. The third-order valence-electron chi connectivity index (χ3n) is 6.68. The van der Waals surface area contributed by atoms with Crippen LogP contribution in [0.15, 0.2) is 0 Å². The van der Waals surface area contributed by atoms with Crippen LogP contribution in [0.25, 0.3) is 0 Å². The minimum Gasteiger partial charge on any atom is -0.746 e. The average molecular weight is 730 g/mol. The molecule has 32 heavy (non-hydrogen) atoms. The van der Waals surface area contributed by atoms with Crippen molar-refractivity contribution >= 4 is 28.0 Å². The Morgan fingerprint density at radius 1 is 1.16 bits per heavy atom. The van der Waals surface area contributed by atoms with E-state index in [1.807, 2.05) is 20.8 Å². The molecule has 0 aromatic rings. The van der Waals surface area contributed by atoms with Crippen molar-refractivity contribution in [3.05, 3.63) is 6.61 Å². The van der Waals surface area contributed by atoms with E-state index in [1.54, 1.807) is 4.90 Å². The van der Waals surface area contributed by atoms with Crippen molar-refractivity contribution < 1.29 is 45.6 Å². The van der Waals surface area contributed by atoms with Crippen LogP contribution in [-0.4, -0.2) is 58.7 Å².